The van der Waals surface area contributed by atoms with Crippen molar-refractivity contribution in [1.29, 1.82) is 0 Å². The van der Waals surface area contributed by atoms with E-state index in [1.165, 1.54) is 18.6 Å². The fourth-order valence-electron chi connectivity index (χ4n) is 1.23. The lowest BCUT2D eigenvalue weighted by Crippen LogP contribution is -2.37. The first-order chi connectivity index (χ1) is 7.79. The van der Waals surface area contributed by atoms with Gasteiger partial charge in [-0.1, -0.05) is 4.49 Å². The van der Waals surface area contributed by atoms with E-state index in [-0.39, 0.29) is 12.5 Å². The average Bonchev–Trinajstić information content (AvgIpc) is 2.83. The summed E-state index contributed by atoms with van der Waals surface area (Å²) in [5.74, 6) is -0.266. The molecule has 0 atom stereocenters. The van der Waals surface area contributed by atoms with Gasteiger partial charge in [0.15, 0.2) is 12.4 Å². The fourth-order valence-corrected chi connectivity index (χ4v) is 1.75. The number of rotatable bonds is 3. The zero-order chi connectivity index (χ0) is 11.4. The minimum atomic E-state index is -0.266. The Kier molecular flexibility index (Phi) is 3.21. The zero-order valence-corrected chi connectivity index (χ0v) is 9.48. The molecule has 0 unspecified atom stereocenters. The average molecular weight is 236 g/mol. The highest BCUT2D eigenvalue weighted by atomic mass is 32.1. The van der Waals surface area contributed by atoms with E-state index in [4.69, 9.17) is 0 Å². The molecular formula is C10H10N3O2S+. The van der Waals surface area contributed by atoms with E-state index < -0.39 is 0 Å². The van der Waals surface area contributed by atoms with Crippen molar-refractivity contribution >= 4 is 17.5 Å². The number of carbonyl (C=O) groups excluding carboxylic acids is 1. The summed E-state index contributed by atoms with van der Waals surface area (Å²) in [4.78, 5) is 12.0. The lowest BCUT2D eigenvalue weighted by atomic mass is 10.2. The molecule has 0 saturated heterocycles. The van der Waals surface area contributed by atoms with E-state index >= 15 is 0 Å². The summed E-state index contributed by atoms with van der Waals surface area (Å²) in [6.45, 7) is 0.220. The SMILES string of the molecule is COC(=O)C[n+]1ccc(-c2cnns2)cc1. The number of ether oxygens (including phenoxy) is 1. The third kappa shape index (κ3) is 2.40. The van der Waals surface area contributed by atoms with Gasteiger partial charge in [-0.2, -0.15) is 4.57 Å². The van der Waals surface area contributed by atoms with Gasteiger partial charge in [0, 0.05) is 17.7 Å². The van der Waals surface area contributed by atoms with Gasteiger partial charge < -0.3 is 4.74 Å². The predicted molar refractivity (Wildman–Crippen MR) is 57.6 cm³/mol. The van der Waals surface area contributed by atoms with Gasteiger partial charge in [-0.15, -0.1) is 5.10 Å². The van der Waals surface area contributed by atoms with Gasteiger partial charge >= 0.3 is 5.97 Å². The first kappa shape index (κ1) is 10.7. The molecule has 5 nitrogen and oxygen atoms in total. The van der Waals surface area contributed by atoms with Crippen LogP contribution in [0.15, 0.2) is 30.7 Å². The number of hydrogen-bond acceptors (Lipinski definition) is 5. The number of pyridine rings is 1. The number of hydrogen-bond donors (Lipinski definition) is 0. The number of nitrogens with zero attached hydrogens (tertiary/aromatic N) is 3. The molecule has 6 heteroatoms. The number of methoxy groups -OCH3 is 1. The van der Waals surface area contributed by atoms with Gasteiger partial charge in [-0.25, -0.2) is 4.79 Å². The molecule has 0 fully saturated rings. The van der Waals surface area contributed by atoms with Gasteiger partial charge in [0.1, 0.15) is 0 Å². The number of carbonyl (C=O) groups is 1. The van der Waals surface area contributed by atoms with Crippen LogP contribution in [0.25, 0.3) is 10.4 Å². The van der Waals surface area contributed by atoms with E-state index in [0.717, 1.165) is 10.4 Å². The molecule has 0 aliphatic heterocycles. The maximum absolute atomic E-state index is 11.0. The van der Waals surface area contributed by atoms with E-state index in [1.54, 1.807) is 10.8 Å². The maximum atomic E-state index is 11.0. The molecule has 2 aromatic heterocycles. The van der Waals surface area contributed by atoms with Gasteiger partial charge in [0.25, 0.3) is 0 Å². The van der Waals surface area contributed by atoms with Gasteiger partial charge in [0.05, 0.1) is 18.2 Å². The van der Waals surface area contributed by atoms with Crippen LogP contribution in [0.2, 0.25) is 0 Å². The summed E-state index contributed by atoms with van der Waals surface area (Å²) in [6.07, 6.45) is 5.36. The van der Waals surface area contributed by atoms with Gasteiger partial charge in [0.2, 0.25) is 6.54 Å². The van der Waals surface area contributed by atoms with E-state index in [0.29, 0.717) is 0 Å². The van der Waals surface area contributed by atoms with Crippen molar-refractivity contribution in [3.8, 4) is 10.4 Å². The first-order valence-electron chi connectivity index (χ1n) is 4.63. The van der Waals surface area contributed by atoms with Crippen molar-refractivity contribution in [3.05, 3.63) is 30.7 Å². The van der Waals surface area contributed by atoms with Crippen LogP contribution in [0.3, 0.4) is 0 Å². The topological polar surface area (TPSA) is 56.0 Å². The van der Waals surface area contributed by atoms with Crippen molar-refractivity contribution in [2.45, 2.75) is 6.54 Å². The highest BCUT2D eigenvalue weighted by Gasteiger charge is 2.09. The Morgan fingerprint density at radius 2 is 2.25 bits per heavy atom. The molecule has 0 spiro atoms. The third-order valence-electron chi connectivity index (χ3n) is 2.08. The molecule has 2 heterocycles. The van der Waals surface area contributed by atoms with Crippen LogP contribution in [-0.2, 0) is 16.1 Å². The quantitative estimate of drug-likeness (QED) is 0.580. The van der Waals surface area contributed by atoms with E-state index in [1.807, 2.05) is 24.5 Å². The second-order valence-electron chi connectivity index (χ2n) is 3.12. The van der Waals surface area contributed by atoms with Crippen LogP contribution < -0.4 is 4.57 Å². The highest BCUT2D eigenvalue weighted by molar-refractivity contribution is 7.09. The number of aromatic nitrogens is 3. The van der Waals surface area contributed by atoms with Crippen LogP contribution >= 0.6 is 11.5 Å². The van der Waals surface area contributed by atoms with Crippen molar-refractivity contribution in [2.75, 3.05) is 7.11 Å². The molecule has 0 amide bonds. The first-order valence-corrected chi connectivity index (χ1v) is 5.40. The minimum absolute atomic E-state index is 0.220. The Morgan fingerprint density at radius 3 is 2.81 bits per heavy atom. The molecule has 0 aromatic carbocycles. The van der Waals surface area contributed by atoms with Gasteiger partial charge in [-0.3, -0.25) is 0 Å². The summed E-state index contributed by atoms with van der Waals surface area (Å²) in [7, 11) is 1.38. The van der Waals surface area contributed by atoms with Crippen molar-refractivity contribution in [2.24, 2.45) is 0 Å². The molecule has 2 aromatic rings. The summed E-state index contributed by atoms with van der Waals surface area (Å²) >= 11 is 1.34. The molecule has 16 heavy (non-hydrogen) atoms. The third-order valence-corrected chi connectivity index (χ3v) is 2.79. The maximum Gasteiger partial charge on any atom is 0.372 e. The van der Waals surface area contributed by atoms with Gasteiger partial charge in [-0.05, 0) is 11.5 Å². The van der Waals surface area contributed by atoms with E-state index in [2.05, 4.69) is 14.3 Å². The van der Waals surface area contributed by atoms with Crippen molar-refractivity contribution < 1.29 is 14.1 Å². The fraction of sp³-hybridized carbons (Fsp3) is 0.200. The van der Waals surface area contributed by atoms with Crippen LogP contribution in [0.1, 0.15) is 0 Å². The molecule has 0 aliphatic carbocycles. The van der Waals surface area contributed by atoms with E-state index in [9.17, 15) is 4.79 Å². The molecule has 0 bridgehead atoms. The summed E-state index contributed by atoms with van der Waals surface area (Å²) < 4.78 is 10.1. The minimum Gasteiger partial charge on any atom is -0.464 e. The smallest absolute Gasteiger partial charge is 0.372 e. The molecular weight excluding hydrogens is 226 g/mol. The summed E-state index contributed by atoms with van der Waals surface area (Å²) in [6, 6.07) is 3.83. The van der Waals surface area contributed by atoms with Crippen molar-refractivity contribution in [1.82, 2.24) is 9.59 Å². The molecule has 2 rings (SSSR count). The Labute approximate surface area is 96.5 Å². The molecule has 0 N–H and O–H groups in total. The largest absolute Gasteiger partial charge is 0.464 e. The number of esters is 1. The zero-order valence-electron chi connectivity index (χ0n) is 8.66. The summed E-state index contributed by atoms with van der Waals surface area (Å²) in [5.41, 5.74) is 1.04. The second kappa shape index (κ2) is 4.80. The highest BCUT2D eigenvalue weighted by Crippen LogP contribution is 2.19. The standard InChI is InChI=1S/C10H10N3O2S/c1-15-10(14)7-13-4-2-8(3-5-13)9-6-11-12-16-9/h2-6H,7H2,1H3/q+1. The lowest BCUT2D eigenvalue weighted by Gasteiger charge is -1.96. The predicted octanol–water partition coefficient (Wildman–Crippen LogP) is 0.666. The lowest BCUT2D eigenvalue weighted by molar-refractivity contribution is -0.685. The Balaban J connectivity index is 2.14. The second-order valence-corrected chi connectivity index (χ2v) is 3.90. The summed E-state index contributed by atoms with van der Waals surface area (Å²) in [5, 5.41) is 3.77. The van der Waals surface area contributed by atoms with Crippen LogP contribution in [0.4, 0.5) is 0 Å². The Hall–Kier alpha value is -1.82. The molecule has 0 radical (unpaired) electrons. The van der Waals surface area contributed by atoms with Crippen LogP contribution in [0, 0.1) is 0 Å². The normalized spacial score (nSPS) is 10.1. The van der Waals surface area contributed by atoms with Crippen molar-refractivity contribution in [3.63, 3.8) is 0 Å². The Bertz CT molecular complexity index is 467. The van der Waals surface area contributed by atoms with Crippen LogP contribution in [0.5, 0.6) is 0 Å². The molecule has 82 valence electrons. The molecule has 0 saturated carbocycles. The Morgan fingerprint density at radius 1 is 1.50 bits per heavy atom. The monoisotopic (exact) mass is 236 g/mol. The van der Waals surface area contributed by atoms with Crippen LogP contribution in [-0.4, -0.2) is 22.7 Å². The molecule has 0 aliphatic rings.